The van der Waals surface area contributed by atoms with Crippen LogP contribution in [-0.2, 0) is 9.53 Å². The Hall–Kier alpha value is -3.26. The summed E-state index contributed by atoms with van der Waals surface area (Å²) in [5.41, 5.74) is -0.0529. The molecule has 1 N–H and O–H groups in total. The standard InChI is InChI=1S/C17H14ClN3O5/c1-2-26-17(23)14(15(22)13-7-4-8-19-16(13)18)10-20-11-5-3-6-12(9-11)21(24)25/h3-10,22H,2H2,1H3/b15-14+,20-10?. The second-order valence-corrected chi connectivity index (χ2v) is 5.22. The summed E-state index contributed by atoms with van der Waals surface area (Å²) in [4.78, 5) is 30.3. The van der Waals surface area contributed by atoms with Gasteiger partial charge in [-0.05, 0) is 25.1 Å². The van der Waals surface area contributed by atoms with Gasteiger partial charge < -0.3 is 9.84 Å². The van der Waals surface area contributed by atoms with E-state index in [1.165, 1.54) is 42.6 Å². The first-order valence-electron chi connectivity index (χ1n) is 7.43. The van der Waals surface area contributed by atoms with Crippen LogP contribution in [0.15, 0.2) is 53.2 Å². The molecule has 0 aliphatic heterocycles. The number of ether oxygens (including phenoxy) is 1. The highest BCUT2D eigenvalue weighted by molar-refractivity contribution is 6.31. The van der Waals surface area contributed by atoms with E-state index in [-0.39, 0.29) is 34.3 Å². The zero-order valence-electron chi connectivity index (χ0n) is 13.6. The lowest BCUT2D eigenvalue weighted by Gasteiger charge is -2.07. The minimum Gasteiger partial charge on any atom is -0.506 e. The van der Waals surface area contributed by atoms with Crippen molar-refractivity contribution in [2.75, 3.05) is 6.61 Å². The molecule has 1 aromatic heterocycles. The number of aliphatic imine (C=N–C) groups is 1. The summed E-state index contributed by atoms with van der Waals surface area (Å²) in [6.45, 7) is 1.70. The number of aliphatic hydroxyl groups excluding tert-OH is 1. The van der Waals surface area contributed by atoms with Gasteiger partial charge in [0.1, 0.15) is 16.5 Å². The first-order valence-corrected chi connectivity index (χ1v) is 7.81. The van der Waals surface area contributed by atoms with Gasteiger partial charge in [0.15, 0.2) is 0 Å². The van der Waals surface area contributed by atoms with Crippen LogP contribution in [0.4, 0.5) is 11.4 Å². The fourth-order valence-corrected chi connectivity index (χ4v) is 2.16. The molecule has 1 heterocycles. The number of rotatable bonds is 6. The Labute approximate surface area is 153 Å². The topological polar surface area (TPSA) is 115 Å². The predicted molar refractivity (Wildman–Crippen MR) is 96.7 cm³/mol. The van der Waals surface area contributed by atoms with Gasteiger partial charge in [-0.15, -0.1) is 0 Å². The van der Waals surface area contributed by atoms with Gasteiger partial charge in [0.25, 0.3) is 5.69 Å². The average Bonchev–Trinajstić information content (AvgIpc) is 2.62. The number of aromatic nitrogens is 1. The van der Waals surface area contributed by atoms with Crippen molar-refractivity contribution in [1.82, 2.24) is 4.98 Å². The lowest BCUT2D eigenvalue weighted by atomic mass is 10.1. The summed E-state index contributed by atoms with van der Waals surface area (Å²) in [7, 11) is 0. The number of pyridine rings is 1. The highest BCUT2D eigenvalue weighted by atomic mass is 35.5. The molecule has 0 aliphatic carbocycles. The number of carbonyl (C=O) groups excluding carboxylic acids is 1. The van der Waals surface area contributed by atoms with E-state index in [4.69, 9.17) is 16.3 Å². The van der Waals surface area contributed by atoms with Crippen LogP contribution in [0.1, 0.15) is 12.5 Å². The molecular weight excluding hydrogens is 362 g/mol. The Morgan fingerprint density at radius 3 is 2.85 bits per heavy atom. The summed E-state index contributed by atoms with van der Waals surface area (Å²) < 4.78 is 4.92. The molecule has 134 valence electrons. The second kappa shape index (κ2) is 8.72. The van der Waals surface area contributed by atoms with Crippen LogP contribution >= 0.6 is 11.6 Å². The first-order chi connectivity index (χ1) is 12.4. The van der Waals surface area contributed by atoms with Crippen LogP contribution < -0.4 is 0 Å². The van der Waals surface area contributed by atoms with Crippen molar-refractivity contribution in [3.8, 4) is 0 Å². The van der Waals surface area contributed by atoms with E-state index in [0.29, 0.717) is 0 Å². The van der Waals surface area contributed by atoms with Gasteiger partial charge in [-0.2, -0.15) is 0 Å². The molecule has 0 radical (unpaired) electrons. The predicted octanol–water partition coefficient (Wildman–Crippen LogP) is 3.88. The molecule has 2 rings (SSSR count). The summed E-state index contributed by atoms with van der Waals surface area (Å²) in [5.74, 6) is -1.28. The van der Waals surface area contributed by atoms with Crippen molar-refractivity contribution in [3.05, 3.63) is 69.0 Å². The minimum absolute atomic E-state index is 0.00412. The van der Waals surface area contributed by atoms with Crippen LogP contribution in [0, 0.1) is 10.1 Å². The van der Waals surface area contributed by atoms with E-state index in [9.17, 15) is 20.0 Å². The Bertz CT molecular complexity index is 895. The molecule has 26 heavy (non-hydrogen) atoms. The number of hydrogen-bond donors (Lipinski definition) is 1. The normalized spacial score (nSPS) is 11.9. The molecule has 0 spiro atoms. The Balaban J connectivity index is 2.47. The number of halogens is 1. The van der Waals surface area contributed by atoms with E-state index in [2.05, 4.69) is 9.98 Å². The number of esters is 1. The maximum absolute atomic E-state index is 12.2. The largest absolute Gasteiger partial charge is 0.506 e. The van der Waals surface area contributed by atoms with Gasteiger partial charge in [-0.1, -0.05) is 17.7 Å². The van der Waals surface area contributed by atoms with Gasteiger partial charge in [0.05, 0.1) is 22.8 Å². The van der Waals surface area contributed by atoms with E-state index >= 15 is 0 Å². The molecule has 2 aromatic rings. The number of benzene rings is 1. The van der Waals surface area contributed by atoms with Gasteiger partial charge in [-0.3, -0.25) is 15.1 Å². The third-order valence-corrected chi connectivity index (χ3v) is 3.45. The van der Waals surface area contributed by atoms with Crippen molar-refractivity contribution >= 4 is 40.9 Å². The molecule has 8 nitrogen and oxygen atoms in total. The van der Waals surface area contributed by atoms with Crippen LogP contribution in [-0.4, -0.2) is 33.8 Å². The zero-order valence-corrected chi connectivity index (χ0v) is 14.4. The Kier molecular flexibility index (Phi) is 6.40. The highest BCUT2D eigenvalue weighted by Crippen LogP contribution is 2.24. The van der Waals surface area contributed by atoms with Crippen LogP contribution in [0.2, 0.25) is 5.15 Å². The molecule has 0 aliphatic rings. The maximum Gasteiger partial charge on any atom is 0.343 e. The number of nitrogens with zero attached hydrogens (tertiary/aromatic N) is 3. The Morgan fingerprint density at radius 2 is 2.19 bits per heavy atom. The van der Waals surface area contributed by atoms with E-state index in [1.54, 1.807) is 6.92 Å². The van der Waals surface area contributed by atoms with Crippen LogP contribution in [0.25, 0.3) is 5.76 Å². The molecule has 0 saturated carbocycles. The molecule has 0 saturated heterocycles. The lowest BCUT2D eigenvalue weighted by molar-refractivity contribution is -0.384. The molecule has 0 atom stereocenters. The molecule has 0 amide bonds. The summed E-state index contributed by atoms with van der Waals surface area (Å²) in [6.07, 6.45) is 2.50. The maximum atomic E-state index is 12.2. The lowest BCUT2D eigenvalue weighted by Crippen LogP contribution is -2.11. The summed E-state index contributed by atoms with van der Waals surface area (Å²) >= 11 is 5.94. The van der Waals surface area contributed by atoms with Gasteiger partial charge in [0.2, 0.25) is 0 Å². The number of nitro groups is 1. The minimum atomic E-state index is -0.820. The van der Waals surface area contributed by atoms with Crippen molar-refractivity contribution < 1.29 is 19.6 Å². The van der Waals surface area contributed by atoms with E-state index in [1.807, 2.05) is 0 Å². The molecule has 0 fully saturated rings. The summed E-state index contributed by atoms with van der Waals surface area (Å²) in [5, 5.41) is 21.3. The quantitative estimate of drug-likeness (QED) is 0.156. The van der Waals surface area contributed by atoms with E-state index in [0.717, 1.165) is 6.21 Å². The number of hydrogen-bond acceptors (Lipinski definition) is 7. The fraction of sp³-hybridized carbons (Fsp3) is 0.118. The highest BCUT2D eigenvalue weighted by Gasteiger charge is 2.18. The molecule has 0 unspecified atom stereocenters. The molecule has 9 heteroatoms. The van der Waals surface area contributed by atoms with Crippen LogP contribution in [0.3, 0.4) is 0 Å². The number of nitro benzene ring substituents is 1. The zero-order chi connectivity index (χ0) is 19.1. The number of carbonyl (C=O) groups is 1. The van der Waals surface area contributed by atoms with Crippen molar-refractivity contribution in [2.24, 2.45) is 4.99 Å². The first kappa shape index (κ1) is 19.1. The third-order valence-electron chi connectivity index (χ3n) is 3.15. The monoisotopic (exact) mass is 375 g/mol. The second-order valence-electron chi connectivity index (χ2n) is 4.86. The SMILES string of the molecule is CCOC(=O)/C(C=Nc1cccc([N+](=O)[O-])c1)=C(/O)c1cccnc1Cl. The third kappa shape index (κ3) is 4.64. The fourth-order valence-electron chi connectivity index (χ4n) is 1.95. The van der Waals surface area contributed by atoms with Gasteiger partial charge >= 0.3 is 5.97 Å². The van der Waals surface area contributed by atoms with Crippen molar-refractivity contribution in [2.45, 2.75) is 6.92 Å². The smallest absolute Gasteiger partial charge is 0.343 e. The van der Waals surface area contributed by atoms with E-state index < -0.39 is 16.7 Å². The van der Waals surface area contributed by atoms with Crippen LogP contribution in [0.5, 0.6) is 0 Å². The molecular formula is C17H14ClN3O5. The Morgan fingerprint density at radius 1 is 1.42 bits per heavy atom. The average molecular weight is 376 g/mol. The molecule has 0 bridgehead atoms. The number of non-ortho nitro benzene ring substituents is 1. The molecule has 1 aromatic carbocycles. The summed E-state index contributed by atoms with van der Waals surface area (Å²) in [6, 6.07) is 8.53. The van der Waals surface area contributed by atoms with Crippen molar-refractivity contribution in [3.63, 3.8) is 0 Å². The van der Waals surface area contributed by atoms with Gasteiger partial charge in [0, 0.05) is 24.5 Å². The number of aliphatic hydroxyl groups is 1. The van der Waals surface area contributed by atoms with Crippen molar-refractivity contribution in [1.29, 1.82) is 0 Å². The van der Waals surface area contributed by atoms with Gasteiger partial charge in [-0.25, -0.2) is 9.78 Å².